The minimum Gasteiger partial charge on any atom is -0.505 e. The van der Waals surface area contributed by atoms with E-state index in [0.717, 1.165) is 28.2 Å². The first kappa shape index (κ1) is 36.2. The summed E-state index contributed by atoms with van der Waals surface area (Å²) in [6.45, 7) is 1.61. The highest BCUT2D eigenvalue weighted by atomic mass is 35.5. The Hall–Kier alpha value is -5.81. The normalized spacial score (nSPS) is 25.9. The number of hydrogen-bond acceptors (Lipinski definition) is 7. The van der Waals surface area contributed by atoms with Gasteiger partial charge in [-0.1, -0.05) is 59.7 Å². The Balaban J connectivity index is 1.14. The molecule has 2 heterocycles. The smallest absolute Gasteiger partial charge is 0.241 e. The van der Waals surface area contributed by atoms with Crippen LogP contribution in [0.25, 0.3) is 12.2 Å². The number of fused-ring (bicyclic) bond motifs is 4. The molecule has 2 aliphatic heterocycles. The monoisotopic (exact) mass is 764 g/mol. The molecular formula is C43H35ClF2N2O7. The molecule has 3 fully saturated rings. The number of amides is 4. The van der Waals surface area contributed by atoms with Crippen LogP contribution in [0.15, 0.2) is 90.5 Å². The van der Waals surface area contributed by atoms with E-state index in [4.69, 9.17) is 21.1 Å². The second-order valence-electron chi connectivity index (χ2n) is 14.5. The maximum atomic E-state index is 15.0. The lowest BCUT2D eigenvalue weighted by Gasteiger charge is -2.49. The lowest BCUT2D eigenvalue weighted by Crippen LogP contribution is -2.49. The fourth-order valence-electron chi connectivity index (χ4n) is 9.14. The summed E-state index contributed by atoms with van der Waals surface area (Å²) in [7, 11) is 3.16. The number of aromatic hydroxyl groups is 1. The predicted molar refractivity (Wildman–Crippen MR) is 202 cm³/mol. The molecule has 6 atom stereocenters. The van der Waals surface area contributed by atoms with E-state index >= 15 is 4.39 Å². The van der Waals surface area contributed by atoms with Gasteiger partial charge in [-0.05, 0) is 85.8 Å². The van der Waals surface area contributed by atoms with Crippen LogP contribution >= 0.6 is 11.6 Å². The zero-order valence-corrected chi connectivity index (χ0v) is 30.7. The Bertz CT molecular complexity index is 2360. The van der Waals surface area contributed by atoms with Crippen LogP contribution in [0.2, 0.25) is 5.02 Å². The lowest BCUT2D eigenvalue weighted by atomic mass is 9.51. The Labute approximate surface area is 320 Å². The summed E-state index contributed by atoms with van der Waals surface area (Å²) >= 11 is 6.07. The zero-order valence-electron chi connectivity index (χ0n) is 30.0. The number of carbonyl (C=O) groups is 4. The number of nitrogens with zero attached hydrogens (tertiary/aromatic N) is 2. The van der Waals surface area contributed by atoms with E-state index in [2.05, 4.69) is 0 Å². The van der Waals surface area contributed by atoms with E-state index in [1.165, 1.54) is 29.2 Å². The summed E-state index contributed by atoms with van der Waals surface area (Å²) in [4.78, 5) is 59.6. The fraction of sp³-hybridized carbons (Fsp3) is 0.256. The SMILES string of the molecule is COc1ccc(OC)c(C=Cc2ccc(N3C(=O)C4CC=C5C(CC6C(=O)N(c7ccc(F)c(Cl)c7)C(=O)C6(C)C5c5cccc(F)c5O)C4C3=O)cc2)c1. The molecule has 1 N–H and O–H groups in total. The van der Waals surface area contributed by atoms with Crippen molar-refractivity contribution in [1.82, 2.24) is 0 Å². The van der Waals surface area contributed by atoms with E-state index in [0.29, 0.717) is 22.8 Å². The van der Waals surface area contributed by atoms with Gasteiger partial charge in [-0.2, -0.15) is 0 Å². The molecule has 0 aromatic heterocycles. The molecule has 12 heteroatoms. The van der Waals surface area contributed by atoms with E-state index in [-0.39, 0.29) is 35.0 Å². The molecule has 2 aliphatic carbocycles. The highest BCUT2D eigenvalue weighted by molar-refractivity contribution is 6.32. The van der Waals surface area contributed by atoms with Crippen molar-refractivity contribution in [3.8, 4) is 17.2 Å². The Morgan fingerprint density at radius 1 is 0.818 bits per heavy atom. The summed E-state index contributed by atoms with van der Waals surface area (Å²) in [5, 5.41) is 10.8. The number of rotatable bonds is 7. The summed E-state index contributed by atoms with van der Waals surface area (Å²) in [6, 6.07) is 20.0. The Morgan fingerprint density at radius 3 is 2.27 bits per heavy atom. The number of para-hydroxylation sites is 1. The van der Waals surface area contributed by atoms with Crippen molar-refractivity contribution in [1.29, 1.82) is 0 Å². The quantitative estimate of drug-likeness (QED) is 0.116. The molecule has 9 nitrogen and oxygen atoms in total. The molecule has 0 radical (unpaired) electrons. The van der Waals surface area contributed by atoms with Gasteiger partial charge in [0.25, 0.3) is 0 Å². The Morgan fingerprint density at radius 2 is 1.56 bits per heavy atom. The van der Waals surface area contributed by atoms with Gasteiger partial charge in [0.1, 0.15) is 17.3 Å². The Kier molecular flexibility index (Phi) is 8.87. The van der Waals surface area contributed by atoms with E-state index in [1.807, 2.05) is 24.3 Å². The third kappa shape index (κ3) is 5.54. The topological polar surface area (TPSA) is 113 Å². The molecule has 4 amide bonds. The summed E-state index contributed by atoms with van der Waals surface area (Å²) in [5.41, 5.74) is 1.17. The van der Waals surface area contributed by atoms with Gasteiger partial charge in [0.2, 0.25) is 23.6 Å². The maximum Gasteiger partial charge on any atom is 0.241 e. The van der Waals surface area contributed by atoms with Crippen LogP contribution in [0.4, 0.5) is 20.2 Å². The minimum absolute atomic E-state index is 0.0381. The number of phenolic OH excluding ortho intramolecular Hbond substituents is 1. The number of methoxy groups -OCH3 is 2. The number of ether oxygens (including phenoxy) is 2. The van der Waals surface area contributed by atoms with Gasteiger partial charge in [0, 0.05) is 17.0 Å². The van der Waals surface area contributed by atoms with Crippen molar-refractivity contribution in [2.24, 2.45) is 29.1 Å². The van der Waals surface area contributed by atoms with Crippen LogP contribution in [0, 0.1) is 40.7 Å². The van der Waals surface area contributed by atoms with Crippen LogP contribution in [0.3, 0.4) is 0 Å². The molecule has 0 bridgehead atoms. The molecule has 1 saturated carbocycles. The molecule has 55 heavy (non-hydrogen) atoms. The van der Waals surface area contributed by atoms with Gasteiger partial charge < -0.3 is 14.6 Å². The molecule has 0 spiro atoms. The van der Waals surface area contributed by atoms with Gasteiger partial charge >= 0.3 is 0 Å². The van der Waals surface area contributed by atoms with Gasteiger partial charge in [0.05, 0.1) is 53.8 Å². The van der Waals surface area contributed by atoms with Crippen LogP contribution in [-0.4, -0.2) is 43.0 Å². The van der Waals surface area contributed by atoms with Crippen LogP contribution in [0.1, 0.15) is 42.4 Å². The third-order valence-corrected chi connectivity index (χ3v) is 12.1. The highest BCUT2D eigenvalue weighted by Gasteiger charge is 2.68. The van der Waals surface area contributed by atoms with Crippen LogP contribution in [0.5, 0.6) is 17.2 Å². The average molecular weight is 765 g/mol. The lowest BCUT2D eigenvalue weighted by molar-refractivity contribution is -0.131. The first-order valence-electron chi connectivity index (χ1n) is 17.8. The number of halogens is 3. The fourth-order valence-corrected chi connectivity index (χ4v) is 9.31. The van der Waals surface area contributed by atoms with Gasteiger partial charge in [0.15, 0.2) is 11.6 Å². The average Bonchev–Trinajstić information content (AvgIpc) is 3.55. The number of benzene rings is 4. The first-order valence-corrected chi connectivity index (χ1v) is 18.2. The van der Waals surface area contributed by atoms with Crippen molar-refractivity contribution in [2.75, 3.05) is 24.0 Å². The van der Waals surface area contributed by atoms with Gasteiger partial charge in [-0.3, -0.25) is 24.1 Å². The third-order valence-electron chi connectivity index (χ3n) is 11.8. The number of allylic oxidation sites excluding steroid dienone is 2. The standard InChI is InChI=1S/C43H35ClF2N2O7/c1-43-31(40(51)48(42(43)53)25-13-17-33(45)32(44)20-25)21-30-27(37(43)29-5-4-6-34(46)38(29)49)15-16-28-36(30)41(52)47(39(28)50)24-11-8-22(9-12-24)7-10-23-19-26(54-2)14-18-35(23)55-3/h4-15,17-20,28,30-31,36-37,49H,16,21H2,1-3H3. The van der Waals surface area contributed by atoms with E-state index < -0.39 is 70.1 Å². The molecule has 8 rings (SSSR count). The molecule has 2 saturated heterocycles. The number of hydrogen-bond donors (Lipinski definition) is 1. The second kappa shape index (κ2) is 13.5. The van der Waals surface area contributed by atoms with Crippen molar-refractivity contribution in [3.63, 3.8) is 0 Å². The number of carbonyl (C=O) groups excluding carboxylic acids is 4. The summed E-state index contributed by atoms with van der Waals surface area (Å²) in [6.07, 6.45) is 5.75. The van der Waals surface area contributed by atoms with Crippen LogP contribution < -0.4 is 19.3 Å². The summed E-state index contributed by atoms with van der Waals surface area (Å²) in [5.74, 6) is -7.43. The second-order valence-corrected chi connectivity index (χ2v) is 14.9. The molecule has 280 valence electrons. The number of anilines is 2. The molecule has 4 aliphatic rings. The first-order chi connectivity index (χ1) is 26.4. The van der Waals surface area contributed by atoms with Crippen molar-refractivity contribution >= 4 is 58.8 Å². The highest BCUT2D eigenvalue weighted by Crippen LogP contribution is 2.64. The maximum absolute atomic E-state index is 15.0. The van der Waals surface area contributed by atoms with Gasteiger partial charge in [-0.25, -0.2) is 13.7 Å². The number of imide groups is 2. The van der Waals surface area contributed by atoms with Crippen molar-refractivity contribution in [3.05, 3.63) is 124 Å². The van der Waals surface area contributed by atoms with Crippen LogP contribution in [-0.2, 0) is 19.2 Å². The molecule has 4 aromatic rings. The van der Waals surface area contributed by atoms with Gasteiger partial charge in [-0.15, -0.1) is 0 Å². The number of phenols is 1. The van der Waals surface area contributed by atoms with Crippen molar-refractivity contribution in [2.45, 2.75) is 25.7 Å². The van der Waals surface area contributed by atoms with Crippen molar-refractivity contribution < 1.29 is 42.5 Å². The zero-order chi connectivity index (χ0) is 38.9. The minimum atomic E-state index is -1.54. The summed E-state index contributed by atoms with van der Waals surface area (Å²) < 4.78 is 40.0. The molecule has 4 aromatic carbocycles. The molecular weight excluding hydrogens is 730 g/mol. The molecule has 6 unspecified atom stereocenters. The van der Waals surface area contributed by atoms with E-state index in [9.17, 15) is 28.7 Å². The predicted octanol–water partition coefficient (Wildman–Crippen LogP) is 7.95. The van der Waals surface area contributed by atoms with E-state index in [1.54, 1.807) is 57.5 Å². The largest absolute Gasteiger partial charge is 0.505 e.